The summed E-state index contributed by atoms with van der Waals surface area (Å²) in [6.07, 6.45) is 8.04. The number of hydrogen-bond acceptors (Lipinski definition) is 1. The van der Waals surface area contributed by atoms with Gasteiger partial charge in [-0.2, -0.15) is 0 Å². The lowest BCUT2D eigenvalue weighted by molar-refractivity contribution is -0.905. The summed E-state index contributed by atoms with van der Waals surface area (Å²) in [4.78, 5) is 13.7. The van der Waals surface area contributed by atoms with Crippen LogP contribution in [-0.2, 0) is 11.2 Å². The number of amides is 1. The van der Waals surface area contributed by atoms with Crippen LogP contribution in [0.1, 0.15) is 44.2 Å². The molecule has 22 heavy (non-hydrogen) atoms. The van der Waals surface area contributed by atoms with Crippen molar-refractivity contribution >= 4 is 12.0 Å². The van der Waals surface area contributed by atoms with Crippen LogP contribution in [0.5, 0.6) is 0 Å². The van der Waals surface area contributed by atoms with Gasteiger partial charge in [0.2, 0.25) is 5.91 Å². The monoisotopic (exact) mass is 301 g/mol. The summed E-state index contributed by atoms with van der Waals surface area (Å²) in [6.45, 7) is 8.00. The van der Waals surface area contributed by atoms with E-state index in [1.807, 2.05) is 6.08 Å². The van der Waals surface area contributed by atoms with E-state index in [9.17, 15) is 4.79 Å². The number of aryl methyl sites for hydroxylation is 1. The van der Waals surface area contributed by atoms with Gasteiger partial charge >= 0.3 is 0 Å². The van der Waals surface area contributed by atoms with Crippen molar-refractivity contribution in [2.24, 2.45) is 0 Å². The van der Waals surface area contributed by atoms with Gasteiger partial charge in [-0.25, -0.2) is 0 Å². The maximum Gasteiger partial charge on any atom is 0.244 e. The molecule has 0 aliphatic carbocycles. The molecular weight excluding hydrogens is 272 g/mol. The lowest BCUT2D eigenvalue weighted by Gasteiger charge is -2.29. The molecule has 1 amide bonds. The highest BCUT2D eigenvalue weighted by molar-refractivity contribution is 5.91. The van der Waals surface area contributed by atoms with Gasteiger partial charge in [-0.3, -0.25) is 4.79 Å². The van der Waals surface area contributed by atoms with Crippen molar-refractivity contribution in [1.82, 2.24) is 5.32 Å². The predicted molar refractivity (Wildman–Crippen MR) is 91.9 cm³/mol. The summed E-state index contributed by atoms with van der Waals surface area (Å²) in [6, 6.07) is 8.71. The maximum atomic E-state index is 12.0. The minimum Gasteiger partial charge on any atom is -0.349 e. The van der Waals surface area contributed by atoms with E-state index in [1.54, 1.807) is 11.0 Å². The highest BCUT2D eigenvalue weighted by atomic mass is 16.1. The summed E-state index contributed by atoms with van der Waals surface area (Å²) >= 11 is 0. The molecule has 1 aliphatic rings. The fourth-order valence-corrected chi connectivity index (χ4v) is 3.06. The lowest BCUT2D eigenvalue weighted by atomic mass is 10.0. The van der Waals surface area contributed by atoms with Gasteiger partial charge in [0.25, 0.3) is 0 Å². The van der Waals surface area contributed by atoms with E-state index in [1.165, 1.54) is 31.6 Å². The molecule has 1 aromatic carbocycles. The molecule has 1 aliphatic heterocycles. The molecule has 0 aromatic heterocycles. The van der Waals surface area contributed by atoms with Gasteiger partial charge in [-0.05, 0) is 30.0 Å². The number of rotatable bonds is 6. The molecule has 0 unspecified atom stereocenters. The van der Waals surface area contributed by atoms with Crippen molar-refractivity contribution in [3.05, 3.63) is 41.5 Å². The Hall–Kier alpha value is -1.61. The average molecular weight is 301 g/mol. The largest absolute Gasteiger partial charge is 0.349 e. The van der Waals surface area contributed by atoms with Crippen molar-refractivity contribution in [2.45, 2.75) is 45.6 Å². The zero-order valence-electron chi connectivity index (χ0n) is 13.9. The van der Waals surface area contributed by atoms with Crippen molar-refractivity contribution in [3.63, 3.8) is 0 Å². The standard InChI is InChI=1S/C19H28N2O/c1-3-13-21-14-11-18(12-15-21)20-19(22)10-9-17-7-5-16(4-2)6-8-17/h5-10,18H,3-4,11-15H2,1-2H3,(H,20,22)/p+1/b10-9+. The van der Waals surface area contributed by atoms with Crippen molar-refractivity contribution in [3.8, 4) is 0 Å². The third-order valence-corrected chi connectivity index (χ3v) is 4.46. The highest BCUT2D eigenvalue weighted by Gasteiger charge is 2.21. The van der Waals surface area contributed by atoms with Gasteiger partial charge < -0.3 is 10.2 Å². The van der Waals surface area contributed by atoms with Crippen molar-refractivity contribution in [1.29, 1.82) is 0 Å². The first-order valence-electron chi connectivity index (χ1n) is 8.62. The molecule has 2 rings (SSSR count). The van der Waals surface area contributed by atoms with Crippen molar-refractivity contribution < 1.29 is 9.69 Å². The number of likely N-dealkylation sites (tertiary alicyclic amines) is 1. The third kappa shape index (κ3) is 5.30. The molecule has 0 saturated carbocycles. The van der Waals surface area contributed by atoms with Crippen LogP contribution < -0.4 is 10.2 Å². The zero-order valence-corrected chi connectivity index (χ0v) is 13.9. The van der Waals surface area contributed by atoms with Gasteiger partial charge in [0.1, 0.15) is 0 Å². The summed E-state index contributed by atoms with van der Waals surface area (Å²) in [5, 5.41) is 3.14. The van der Waals surface area contributed by atoms with E-state index in [4.69, 9.17) is 0 Å². The number of carbonyl (C=O) groups is 1. The number of nitrogens with one attached hydrogen (secondary N) is 2. The Bertz CT molecular complexity index is 485. The smallest absolute Gasteiger partial charge is 0.244 e. The second kappa shape index (κ2) is 8.74. The lowest BCUT2D eigenvalue weighted by Crippen LogP contribution is -3.13. The Kier molecular flexibility index (Phi) is 6.66. The van der Waals surface area contributed by atoms with Crippen LogP contribution in [0.4, 0.5) is 0 Å². The van der Waals surface area contributed by atoms with Crippen LogP contribution in [0.2, 0.25) is 0 Å². The highest BCUT2D eigenvalue weighted by Crippen LogP contribution is 2.07. The van der Waals surface area contributed by atoms with Gasteiger partial charge in [0.05, 0.1) is 19.6 Å². The van der Waals surface area contributed by atoms with Gasteiger partial charge in [0.15, 0.2) is 0 Å². The Balaban J connectivity index is 1.76. The molecule has 1 heterocycles. The van der Waals surface area contributed by atoms with Crippen LogP contribution in [0.15, 0.2) is 30.3 Å². The third-order valence-electron chi connectivity index (χ3n) is 4.46. The number of benzene rings is 1. The fraction of sp³-hybridized carbons (Fsp3) is 0.526. The molecule has 0 spiro atoms. The van der Waals surface area contributed by atoms with Gasteiger partial charge in [0, 0.05) is 25.0 Å². The van der Waals surface area contributed by atoms with E-state index in [-0.39, 0.29) is 5.91 Å². The number of quaternary nitrogens is 1. The van der Waals surface area contributed by atoms with Crippen LogP contribution >= 0.6 is 0 Å². The quantitative estimate of drug-likeness (QED) is 0.772. The first-order chi connectivity index (χ1) is 10.7. The number of hydrogen-bond donors (Lipinski definition) is 2. The fourth-order valence-electron chi connectivity index (χ4n) is 3.06. The molecule has 2 N–H and O–H groups in total. The van der Waals surface area contributed by atoms with Crippen LogP contribution in [0.25, 0.3) is 6.08 Å². The molecule has 1 fully saturated rings. The summed E-state index contributed by atoms with van der Waals surface area (Å²) in [7, 11) is 0. The molecule has 0 radical (unpaired) electrons. The molecule has 0 atom stereocenters. The first-order valence-corrected chi connectivity index (χ1v) is 8.62. The molecule has 3 nitrogen and oxygen atoms in total. The molecular formula is C19H29N2O+. The normalized spacial score (nSPS) is 21.9. The SMILES string of the molecule is CCC[NH+]1CCC(NC(=O)/C=C/c2ccc(CC)cc2)CC1. The Morgan fingerprint density at radius 2 is 1.91 bits per heavy atom. The van der Waals surface area contributed by atoms with Crippen LogP contribution in [0, 0.1) is 0 Å². The Morgan fingerprint density at radius 3 is 2.50 bits per heavy atom. The molecule has 3 heteroatoms. The molecule has 1 saturated heterocycles. The van der Waals surface area contributed by atoms with Crippen LogP contribution in [0.3, 0.4) is 0 Å². The van der Waals surface area contributed by atoms with E-state index >= 15 is 0 Å². The summed E-state index contributed by atoms with van der Waals surface area (Å²) in [5.74, 6) is 0.0310. The molecule has 1 aromatic rings. The Morgan fingerprint density at radius 1 is 1.23 bits per heavy atom. The van der Waals surface area contributed by atoms with E-state index in [0.29, 0.717) is 6.04 Å². The Labute approximate surface area is 134 Å². The second-order valence-electron chi connectivity index (χ2n) is 6.21. The van der Waals surface area contributed by atoms with E-state index < -0.39 is 0 Å². The van der Waals surface area contributed by atoms with E-state index in [0.717, 1.165) is 24.8 Å². The number of carbonyl (C=O) groups excluding carboxylic acids is 1. The first kappa shape index (κ1) is 16.8. The predicted octanol–water partition coefficient (Wildman–Crippen LogP) is 1.84. The molecule has 0 bridgehead atoms. The minimum atomic E-state index is 0.0310. The average Bonchev–Trinajstić information content (AvgIpc) is 2.55. The minimum absolute atomic E-state index is 0.0310. The zero-order chi connectivity index (χ0) is 15.8. The van der Waals surface area contributed by atoms with Gasteiger partial charge in [-0.15, -0.1) is 0 Å². The van der Waals surface area contributed by atoms with E-state index in [2.05, 4.69) is 43.4 Å². The summed E-state index contributed by atoms with van der Waals surface area (Å²) in [5.41, 5.74) is 2.40. The maximum absolute atomic E-state index is 12.0. The van der Waals surface area contributed by atoms with Crippen LogP contribution in [-0.4, -0.2) is 31.6 Å². The second-order valence-corrected chi connectivity index (χ2v) is 6.21. The molecule has 120 valence electrons. The van der Waals surface area contributed by atoms with Crippen molar-refractivity contribution in [2.75, 3.05) is 19.6 Å². The number of piperidine rings is 1. The van der Waals surface area contributed by atoms with Gasteiger partial charge in [-0.1, -0.05) is 38.1 Å². The topological polar surface area (TPSA) is 33.5 Å². The summed E-state index contributed by atoms with van der Waals surface area (Å²) < 4.78 is 0.